The normalized spacial score (nSPS) is 11.0. The highest BCUT2D eigenvalue weighted by Crippen LogP contribution is 2.58. The molecule has 0 aromatic heterocycles. The molecule has 168 valence electrons. The minimum Gasteiger partial charge on any atom is -1.00 e. The van der Waals surface area contributed by atoms with E-state index >= 15 is 0 Å². The van der Waals surface area contributed by atoms with Crippen LogP contribution in [0.25, 0.3) is 11.1 Å². The number of benzene rings is 5. The van der Waals surface area contributed by atoms with Gasteiger partial charge in [-0.05, 0) is 65.2 Å². The first-order chi connectivity index (χ1) is 16.3. The summed E-state index contributed by atoms with van der Waals surface area (Å²) in [6.45, 7) is 0. The Morgan fingerprint density at radius 1 is 0.471 bits per heavy atom. The average Bonchev–Trinajstić information content (AvgIpc) is 2.90. The summed E-state index contributed by atoms with van der Waals surface area (Å²) in [4.78, 5) is 0. The van der Waals surface area contributed by atoms with Crippen molar-refractivity contribution >= 4 is 34.8 Å². The number of halogens is 2. The van der Waals surface area contributed by atoms with Gasteiger partial charge >= 0.3 is 0 Å². The molecule has 0 atom stereocenters. The fourth-order valence-corrected chi connectivity index (χ4v) is 8.99. The molecule has 0 saturated carbocycles. The Kier molecular flexibility index (Phi) is 8.01. The summed E-state index contributed by atoms with van der Waals surface area (Å²) in [6, 6.07) is 50.1. The van der Waals surface area contributed by atoms with Gasteiger partial charge in [0.15, 0.2) is 0 Å². The van der Waals surface area contributed by atoms with E-state index in [1.165, 1.54) is 32.6 Å². The summed E-state index contributed by atoms with van der Waals surface area (Å²) in [5, 5.41) is 4.95. The second-order valence-corrected chi connectivity index (χ2v) is 12.1. The molecule has 5 aromatic rings. The van der Waals surface area contributed by atoms with E-state index in [-0.39, 0.29) is 17.0 Å². The molecular formula is C31H25BrClP. The van der Waals surface area contributed by atoms with Gasteiger partial charge in [0.1, 0.15) is 23.2 Å². The predicted octanol–water partition coefficient (Wildman–Crippen LogP) is 4.51. The molecule has 3 heteroatoms. The first-order valence-corrected chi connectivity index (χ1v) is 13.5. The van der Waals surface area contributed by atoms with Gasteiger partial charge in [-0.1, -0.05) is 103 Å². The van der Waals surface area contributed by atoms with Crippen molar-refractivity contribution in [2.45, 2.75) is 6.16 Å². The first kappa shape index (κ1) is 24.4. The summed E-state index contributed by atoms with van der Waals surface area (Å²) in [7, 11) is -1.96. The van der Waals surface area contributed by atoms with E-state index in [1.54, 1.807) is 0 Å². The van der Waals surface area contributed by atoms with Gasteiger partial charge in [-0.3, -0.25) is 0 Å². The zero-order valence-electron chi connectivity index (χ0n) is 18.7. The smallest absolute Gasteiger partial charge is 0.116 e. The molecule has 0 aliphatic heterocycles. The van der Waals surface area contributed by atoms with Crippen LogP contribution in [0.5, 0.6) is 0 Å². The summed E-state index contributed by atoms with van der Waals surface area (Å²) < 4.78 is 0. The van der Waals surface area contributed by atoms with E-state index in [0.717, 1.165) is 11.2 Å². The molecule has 0 fully saturated rings. The summed E-state index contributed by atoms with van der Waals surface area (Å²) in [6.07, 6.45) is 0.948. The van der Waals surface area contributed by atoms with Crippen molar-refractivity contribution in [3.05, 3.63) is 150 Å². The third-order valence-corrected chi connectivity index (χ3v) is 10.8. The maximum atomic E-state index is 6.19. The Balaban J connectivity index is 0.00000274. The Hall–Kier alpha value is -2.70. The van der Waals surface area contributed by atoms with Crippen molar-refractivity contribution in [1.29, 1.82) is 0 Å². The molecule has 0 aliphatic rings. The van der Waals surface area contributed by atoms with E-state index in [4.69, 9.17) is 11.6 Å². The van der Waals surface area contributed by atoms with Crippen LogP contribution in [0.2, 0.25) is 5.02 Å². The van der Waals surface area contributed by atoms with Crippen molar-refractivity contribution in [3.63, 3.8) is 0 Å². The van der Waals surface area contributed by atoms with Crippen LogP contribution in [0, 0.1) is 0 Å². The van der Waals surface area contributed by atoms with Gasteiger partial charge in [0.2, 0.25) is 0 Å². The highest BCUT2D eigenvalue weighted by atomic mass is 79.9. The van der Waals surface area contributed by atoms with E-state index < -0.39 is 7.26 Å². The van der Waals surface area contributed by atoms with Gasteiger partial charge < -0.3 is 17.0 Å². The molecule has 0 bridgehead atoms. The van der Waals surface area contributed by atoms with Gasteiger partial charge in [0.25, 0.3) is 0 Å². The molecule has 0 saturated heterocycles. The lowest BCUT2D eigenvalue weighted by molar-refractivity contribution is -0.00000623. The third kappa shape index (κ3) is 4.89. The maximum absolute atomic E-state index is 6.19. The molecule has 0 heterocycles. The van der Waals surface area contributed by atoms with Crippen LogP contribution in [-0.4, -0.2) is 0 Å². The highest BCUT2D eigenvalue weighted by molar-refractivity contribution is 7.95. The van der Waals surface area contributed by atoms with Gasteiger partial charge in [-0.25, -0.2) is 0 Å². The van der Waals surface area contributed by atoms with Crippen LogP contribution < -0.4 is 32.9 Å². The largest absolute Gasteiger partial charge is 1.00 e. The summed E-state index contributed by atoms with van der Waals surface area (Å²) in [5.41, 5.74) is 3.81. The Bertz CT molecular complexity index is 1220. The standard InChI is InChI=1S/C31H25ClP.BrH/c32-27-22-20-25(21-23-27)31-19-11-10-12-26(31)24-33(28-13-4-1-5-14-28,29-15-6-2-7-16-29)30-17-8-3-9-18-30;/h1-23H,24H2;1H/q+1;/p-1. The zero-order chi connectivity index (χ0) is 22.5. The Morgan fingerprint density at radius 3 is 1.35 bits per heavy atom. The Morgan fingerprint density at radius 2 is 0.882 bits per heavy atom. The monoisotopic (exact) mass is 542 g/mol. The van der Waals surface area contributed by atoms with Crippen LogP contribution in [0.1, 0.15) is 5.56 Å². The molecule has 0 N–H and O–H groups in total. The fraction of sp³-hybridized carbons (Fsp3) is 0.0323. The van der Waals surface area contributed by atoms with Crippen molar-refractivity contribution in [2.75, 3.05) is 0 Å². The molecule has 0 radical (unpaired) electrons. The molecule has 0 unspecified atom stereocenters. The quantitative estimate of drug-likeness (QED) is 0.277. The number of hydrogen-bond donors (Lipinski definition) is 0. The number of rotatable bonds is 6. The SMILES string of the molecule is Clc1ccc(-c2ccccc2C[P+](c2ccccc2)(c2ccccc2)c2ccccc2)cc1.[Br-]. The van der Waals surface area contributed by atoms with Crippen molar-refractivity contribution < 1.29 is 17.0 Å². The predicted molar refractivity (Wildman–Crippen MR) is 146 cm³/mol. The zero-order valence-corrected chi connectivity index (χ0v) is 21.9. The molecule has 5 rings (SSSR count). The maximum Gasteiger partial charge on any atom is 0.116 e. The van der Waals surface area contributed by atoms with Crippen LogP contribution in [0.3, 0.4) is 0 Å². The van der Waals surface area contributed by atoms with Crippen LogP contribution in [-0.2, 0) is 6.16 Å². The van der Waals surface area contributed by atoms with Crippen LogP contribution in [0.4, 0.5) is 0 Å². The molecule has 5 aromatic carbocycles. The minimum atomic E-state index is -1.96. The lowest BCUT2D eigenvalue weighted by Gasteiger charge is -2.28. The van der Waals surface area contributed by atoms with E-state index in [9.17, 15) is 0 Å². The lowest BCUT2D eigenvalue weighted by Crippen LogP contribution is -3.00. The van der Waals surface area contributed by atoms with Gasteiger partial charge in [-0.2, -0.15) is 0 Å². The topological polar surface area (TPSA) is 0 Å². The van der Waals surface area contributed by atoms with Crippen LogP contribution in [0.15, 0.2) is 140 Å². The van der Waals surface area contributed by atoms with Gasteiger partial charge in [-0.15, -0.1) is 0 Å². The second-order valence-electron chi connectivity index (χ2n) is 8.14. The summed E-state index contributed by atoms with van der Waals surface area (Å²) >= 11 is 6.19. The lowest BCUT2D eigenvalue weighted by atomic mass is 10.0. The van der Waals surface area contributed by atoms with Gasteiger partial charge in [0, 0.05) is 5.02 Å². The molecule has 0 aliphatic carbocycles. The summed E-state index contributed by atoms with van der Waals surface area (Å²) in [5.74, 6) is 0. The fourth-order valence-electron chi connectivity index (χ4n) is 4.59. The van der Waals surface area contributed by atoms with E-state index in [1.807, 2.05) is 12.1 Å². The highest BCUT2D eigenvalue weighted by Gasteiger charge is 2.45. The molecule has 34 heavy (non-hydrogen) atoms. The molecule has 0 nitrogen and oxygen atoms in total. The Labute approximate surface area is 218 Å². The van der Waals surface area contributed by atoms with Crippen molar-refractivity contribution in [2.24, 2.45) is 0 Å². The molecular weight excluding hydrogens is 519 g/mol. The van der Waals surface area contributed by atoms with E-state index in [2.05, 4.69) is 127 Å². The average molecular weight is 544 g/mol. The van der Waals surface area contributed by atoms with Gasteiger partial charge in [0.05, 0.1) is 6.16 Å². The molecule has 0 amide bonds. The third-order valence-electron chi connectivity index (χ3n) is 6.17. The second kappa shape index (κ2) is 11.2. The molecule has 0 spiro atoms. The van der Waals surface area contributed by atoms with Crippen LogP contribution >= 0.6 is 18.9 Å². The number of hydrogen-bond acceptors (Lipinski definition) is 0. The first-order valence-electron chi connectivity index (χ1n) is 11.2. The van der Waals surface area contributed by atoms with E-state index in [0.29, 0.717) is 0 Å². The minimum absolute atomic E-state index is 0. The van der Waals surface area contributed by atoms with Crippen molar-refractivity contribution in [3.8, 4) is 11.1 Å². The van der Waals surface area contributed by atoms with Crippen molar-refractivity contribution in [1.82, 2.24) is 0 Å².